The summed E-state index contributed by atoms with van der Waals surface area (Å²) in [7, 11) is 4.05. The Balaban J connectivity index is 2.12. The Bertz CT molecular complexity index is 296. The van der Waals surface area contributed by atoms with E-state index in [0.29, 0.717) is 6.04 Å². The van der Waals surface area contributed by atoms with E-state index in [1.54, 1.807) is 4.68 Å². The van der Waals surface area contributed by atoms with Crippen LogP contribution in [0.3, 0.4) is 0 Å². The SMILES string of the molecule is CCC(C)N(C)CCNCc1cn(C)nn1. The molecular formula is C11H23N5. The number of hydrogen-bond acceptors (Lipinski definition) is 4. The van der Waals surface area contributed by atoms with E-state index < -0.39 is 0 Å². The van der Waals surface area contributed by atoms with Crippen molar-refractivity contribution in [1.29, 1.82) is 0 Å². The zero-order chi connectivity index (χ0) is 12.0. The fourth-order valence-corrected chi connectivity index (χ4v) is 1.48. The van der Waals surface area contributed by atoms with Crippen LogP contribution in [-0.2, 0) is 13.6 Å². The fraction of sp³-hybridized carbons (Fsp3) is 0.818. The predicted octanol–water partition coefficient (Wildman–Crippen LogP) is 0.635. The maximum absolute atomic E-state index is 4.02. The number of aryl methyl sites for hydroxylation is 1. The zero-order valence-corrected chi connectivity index (χ0v) is 10.8. The number of aromatic nitrogens is 3. The van der Waals surface area contributed by atoms with Gasteiger partial charge in [-0.3, -0.25) is 4.68 Å². The van der Waals surface area contributed by atoms with Crippen molar-refractivity contribution in [2.75, 3.05) is 20.1 Å². The summed E-state index contributed by atoms with van der Waals surface area (Å²) in [4.78, 5) is 2.36. The quantitative estimate of drug-likeness (QED) is 0.692. The van der Waals surface area contributed by atoms with Crippen LogP contribution in [0.4, 0.5) is 0 Å². The third-order valence-electron chi connectivity index (χ3n) is 2.94. The number of hydrogen-bond donors (Lipinski definition) is 1. The van der Waals surface area contributed by atoms with Crippen LogP contribution in [0.1, 0.15) is 26.0 Å². The van der Waals surface area contributed by atoms with Gasteiger partial charge in [-0.25, -0.2) is 0 Å². The van der Waals surface area contributed by atoms with Gasteiger partial charge in [-0.15, -0.1) is 5.10 Å². The van der Waals surface area contributed by atoms with Gasteiger partial charge in [0.15, 0.2) is 0 Å². The Kier molecular flexibility index (Phi) is 5.42. The zero-order valence-electron chi connectivity index (χ0n) is 10.8. The Morgan fingerprint density at radius 3 is 2.88 bits per heavy atom. The van der Waals surface area contributed by atoms with Crippen LogP contribution in [0.2, 0.25) is 0 Å². The molecule has 1 atom stereocenters. The highest BCUT2D eigenvalue weighted by atomic mass is 15.4. The minimum atomic E-state index is 0.651. The summed E-state index contributed by atoms with van der Waals surface area (Å²) < 4.78 is 1.72. The maximum Gasteiger partial charge on any atom is 0.0964 e. The molecule has 0 amide bonds. The van der Waals surface area contributed by atoms with Gasteiger partial charge in [0.2, 0.25) is 0 Å². The van der Waals surface area contributed by atoms with Gasteiger partial charge < -0.3 is 10.2 Å². The molecular weight excluding hydrogens is 202 g/mol. The summed E-state index contributed by atoms with van der Waals surface area (Å²) in [5.41, 5.74) is 0.994. The molecule has 0 saturated carbocycles. The van der Waals surface area contributed by atoms with E-state index in [1.165, 1.54) is 6.42 Å². The molecule has 1 rings (SSSR count). The summed E-state index contributed by atoms with van der Waals surface area (Å²) in [6, 6.07) is 0.651. The molecule has 0 aliphatic carbocycles. The van der Waals surface area contributed by atoms with Crippen LogP contribution in [0, 0.1) is 0 Å². The predicted molar refractivity (Wildman–Crippen MR) is 65.1 cm³/mol. The first-order valence-electron chi connectivity index (χ1n) is 5.89. The molecule has 0 bridgehead atoms. The highest BCUT2D eigenvalue weighted by Crippen LogP contribution is 1.98. The van der Waals surface area contributed by atoms with Crippen molar-refractivity contribution in [1.82, 2.24) is 25.2 Å². The molecule has 0 spiro atoms. The first-order valence-corrected chi connectivity index (χ1v) is 5.89. The van der Waals surface area contributed by atoms with Gasteiger partial charge in [-0.2, -0.15) is 0 Å². The van der Waals surface area contributed by atoms with E-state index in [1.807, 2.05) is 13.2 Å². The largest absolute Gasteiger partial charge is 0.310 e. The molecule has 0 radical (unpaired) electrons. The molecule has 0 aliphatic rings. The lowest BCUT2D eigenvalue weighted by Crippen LogP contribution is -2.34. The summed E-state index contributed by atoms with van der Waals surface area (Å²) in [6.45, 7) is 7.31. The summed E-state index contributed by atoms with van der Waals surface area (Å²) >= 11 is 0. The second-order valence-corrected chi connectivity index (χ2v) is 4.30. The number of nitrogens with zero attached hydrogens (tertiary/aromatic N) is 4. The average molecular weight is 225 g/mol. The fourth-order valence-electron chi connectivity index (χ4n) is 1.48. The van der Waals surface area contributed by atoms with Crippen LogP contribution in [0.25, 0.3) is 0 Å². The molecule has 5 nitrogen and oxygen atoms in total. The van der Waals surface area contributed by atoms with Crippen LogP contribution < -0.4 is 5.32 Å². The first kappa shape index (κ1) is 13.1. The topological polar surface area (TPSA) is 46.0 Å². The summed E-state index contributed by atoms with van der Waals surface area (Å²) in [5, 5.41) is 11.3. The van der Waals surface area contributed by atoms with Gasteiger partial charge in [0.25, 0.3) is 0 Å². The summed E-state index contributed by atoms with van der Waals surface area (Å²) in [6.07, 6.45) is 3.13. The smallest absolute Gasteiger partial charge is 0.0964 e. The van der Waals surface area contributed by atoms with Crippen LogP contribution in [-0.4, -0.2) is 46.1 Å². The van der Waals surface area contributed by atoms with E-state index in [0.717, 1.165) is 25.3 Å². The van der Waals surface area contributed by atoms with Gasteiger partial charge in [0.05, 0.1) is 5.69 Å². The first-order chi connectivity index (χ1) is 7.63. The van der Waals surface area contributed by atoms with E-state index in [-0.39, 0.29) is 0 Å². The van der Waals surface area contributed by atoms with Gasteiger partial charge in [0.1, 0.15) is 0 Å². The monoisotopic (exact) mass is 225 g/mol. The summed E-state index contributed by atoms with van der Waals surface area (Å²) in [5.74, 6) is 0. The van der Waals surface area contributed by atoms with Crippen molar-refractivity contribution in [3.05, 3.63) is 11.9 Å². The van der Waals surface area contributed by atoms with Crippen molar-refractivity contribution in [3.63, 3.8) is 0 Å². The Morgan fingerprint density at radius 1 is 1.56 bits per heavy atom. The van der Waals surface area contributed by atoms with E-state index in [2.05, 4.69) is 41.4 Å². The van der Waals surface area contributed by atoms with E-state index in [4.69, 9.17) is 0 Å². The highest BCUT2D eigenvalue weighted by molar-refractivity contribution is 4.90. The average Bonchev–Trinajstić information content (AvgIpc) is 2.69. The molecule has 16 heavy (non-hydrogen) atoms. The van der Waals surface area contributed by atoms with Gasteiger partial charge in [-0.05, 0) is 20.4 Å². The number of nitrogens with one attached hydrogen (secondary N) is 1. The molecule has 0 saturated heterocycles. The molecule has 0 fully saturated rings. The van der Waals surface area contributed by atoms with Crippen LogP contribution >= 0.6 is 0 Å². The molecule has 1 unspecified atom stereocenters. The second-order valence-electron chi connectivity index (χ2n) is 4.30. The lowest BCUT2D eigenvalue weighted by molar-refractivity contribution is 0.251. The molecule has 92 valence electrons. The van der Waals surface area contributed by atoms with Crippen molar-refractivity contribution in [3.8, 4) is 0 Å². The normalized spacial score (nSPS) is 13.3. The van der Waals surface area contributed by atoms with Crippen LogP contribution in [0.15, 0.2) is 6.20 Å². The Morgan fingerprint density at radius 2 is 2.31 bits per heavy atom. The number of likely N-dealkylation sites (N-methyl/N-ethyl adjacent to an activating group) is 1. The lowest BCUT2D eigenvalue weighted by Gasteiger charge is -2.23. The molecule has 0 aromatic carbocycles. The van der Waals surface area contributed by atoms with Crippen molar-refractivity contribution < 1.29 is 0 Å². The maximum atomic E-state index is 4.02. The molecule has 1 aromatic rings. The highest BCUT2D eigenvalue weighted by Gasteiger charge is 2.05. The van der Waals surface area contributed by atoms with Gasteiger partial charge in [-0.1, -0.05) is 12.1 Å². The van der Waals surface area contributed by atoms with E-state index in [9.17, 15) is 0 Å². The van der Waals surface area contributed by atoms with Gasteiger partial charge in [0, 0.05) is 38.9 Å². The lowest BCUT2D eigenvalue weighted by atomic mass is 10.2. The molecule has 1 aromatic heterocycles. The Hall–Kier alpha value is -0.940. The standard InChI is InChI=1S/C11H23N5/c1-5-10(2)15(3)7-6-12-8-11-9-16(4)14-13-11/h9-10,12H,5-8H2,1-4H3. The molecule has 0 aliphatic heterocycles. The Labute approximate surface area is 97.8 Å². The molecule has 1 N–H and O–H groups in total. The van der Waals surface area contributed by atoms with Crippen molar-refractivity contribution >= 4 is 0 Å². The molecule has 5 heteroatoms. The second kappa shape index (κ2) is 6.60. The minimum Gasteiger partial charge on any atom is -0.310 e. The third kappa shape index (κ3) is 4.28. The third-order valence-corrected chi connectivity index (χ3v) is 2.94. The van der Waals surface area contributed by atoms with Crippen molar-refractivity contribution in [2.45, 2.75) is 32.9 Å². The van der Waals surface area contributed by atoms with Crippen LogP contribution in [0.5, 0.6) is 0 Å². The van der Waals surface area contributed by atoms with Gasteiger partial charge >= 0.3 is 0 Å². The van der Waals surface area contributed by atoms with E-state index >= 15 is 0 Å². The van der Waals surface area contributed by atoms with Crippen molar-refractivity contribution in [2.24, 2.45) is 7.05 Å². The number of rotatable bonds is 7. The molecule has 1 heterocycles. The minimum absolute atomic E-state index is 0.651.